The fourth-order valence-corrected chi connectivity index (χ4v) is 14.0. The van der Waals surface area contributed by atoms with E-state index in [9.17, 15) is 0 Å². The fourth-order valence-electron chi connectivity index (χ4n) is 5.86. The minimum atomic E-state index is -1.93. The first-order valence-electron chi connectivity index (χ1n) is 10.3. The van der Waals surface area contributed by atoms with Gasteiger partial charge >= 0.3 is 0 Å². The molecule has 27 heavy (non-hydrogen) atoms. The topological polar surface area (TPSA) is 12.0 Å². The van der Waals surface area contributed by atoms with E-state index in [1.165, 1.54) is 4.90 Å². The lowest BCUT2D eigenvalue weighted by Crippen LogP contribution is -2.68. The molecule has 2 aliphatic rings. The Hall–Kier alpha value is -1.03. The highest BCUT2D eigenvalue weighted by Crippen LogP contribution is 2.64. The summed E-state index contributed by atoms with van der Waals surface area (Å²) in [6.07, 6.45) is 0. The maximum Gasteiger partial charge on any atom is 0.159 e. The highest BCUT2D eigenvalue weighted by Gasteiger charge is 2.59. The lowest BCUT2D eigenvalue weighted by atomic mass is 9.87. The molecule has 2 aromatic rings. The summed E-state index contributed by atoms with van der Waals surface area (Å²) in [4.78, 5) is 5.73. The number of fused-ring (bicyclic) bond motifs is 3. The molecule has 1 nitrogen and oxygen atoms in total. The summed E-state index contributed by atoms with van der Waals surface area (Å²) >= 11 is 2.16. The van der Waals surface area contributed by atoms with Crippen LogP contribution in [0.25, 0.3) is 0 Å². The summed E-state index contributed by atoms with van der Waals surface area (Å²) in [6, 6.07) is 20.5. The van der Waals surface area contributed by atoms with Gasteiger partial charge in [0, 0.05) is 21.6 Å². The Labute approximate surface area is 170 Å². The Balaban J connectivity index is 1.81. The molecule has 3 heteroatoms. The molecule has 2 aromatic carbocycles. The molecule has 1 aliphatic carbocycles. The third-order valence-corrected chi connectivity index (χ3v) is 13.6. The first-order chi connectivity index (χ1) is 12.7. The van der Waals surface area contributed by atoms with Gasteiger partial charge in [0.15, 0.2) is 8.24 Å². The van der Waals surface area contributed by atoms with Crippen LogP contribution in [0.15, 0.2) is 59.5 Å². The van der Waals surface area contributed by atoms with E-state index in [1.807, 2.05) is 0 Å². The first kappa shape index (κ1) is 19.3. The molecule has 1 aliphatic heterocycles. The SMILES string of the molecule is CC1C(C)C([Si](C)(NC(C)(C)C)c2ccccc2)C2Sc3ccccc3C12. The molecule has 0 saturated heterocycles. The minimum Gasteiger partial charge on any atom is -0.329 e. The van der Waals surface area contributed by atoms with E-state index in [1.54, 1.807) is 10.8 Å². The Kier molecular flexibility index (Phi) is 4.85. The Bertz CT molecular complexity index is 815. The highest BCUT2D eigenvalue weighted by atomic mass is 32.2. The Morgan fingerprint density at radius 2 is 1.52 bits per heavy atom. The first-order valence-corrected chi connectivity index (χ1v) is 13.8. The molecule has 6 atom stereocenters. The van der Waals surface area contributed by atoms with Crippen LogP contribution in [-0.4, -0.2) is 19.0 Å². The molecule has 1 fully saturated rings. The van der Waals surface area contributed by atoms with Crippen molar-refractivity contribution >= 4 is 25.2 Å². The van der Waals surface area contributed by atoms with Gasteiger partial charge < -0.3 is 4.98 Å². The van der Waals surface area contributed by atoms with Crippen LogP contribution in [0.3, 0.4) is 0 Å². The van der Waals surface area contributed by atoms with Gasteiger partial charge in [-0.25, -0.2) is 0 Å². The second-order valence-electron chi connectivity index (χ2n) is 9.83. The van der Waals surface area contributed by atoms with Crippen molar-refractivity contribution in [2.75, 3.05) is 0 Å². The molecule has 1 N–H and O–H groups in total. The predicted octanol–water partition coefficient (Wildman–Crippen LogP) is 5.77. The smallest absolute Gasteiger partial charge is 0.159 e. The molecule has 0 aromatic heterocycles. The molecular weight excluding hydrogens is 362 g/mol. The Morgan fingerprint density at radius 1 is 0.889 bits per heavy atom. The van der Waals surface area contributed by atoms with E-state index < -0.39 is 8.24 Å². The summed E-state index contributed by atoms with van der Waals surface area (Å²) in [7, 11) is -1.93. The van der Waals surface area contributed by atoms with E-state index in [2.05, 4.69) is 113 Å². The maximum absolute atomic E-state index is 4.21. The van der Waals surface area contributed by atoms with Gasteiger partial charge in [0.05, 0.1) is 0 Å². The van der Waals surface area contributed by atoms with Gasteiger partial charge in [0.2, 0.25) is 0 Å². The van der Waals surface area contributed by atoms with Gasteiger partial charge in [-0.15, -0.1) is 11.8 Å². The number of nitrogens with one attached hydrogen (secondary N) is 1. The van der Waals surface area contributed by atoms with Gasteiger partial charge in [-0.1, -0.05) is 68.9 Å². The van der Waals surface area contributed by atoms with Crippen molar-refractivity contribution in [2.24, 2.45) is 11.8 Å². The number of thioether (sulfide) groups is 1. The van der Waals surface area contributed by atoms with E-state index in [0.29, 0.717) is 11.2 Å². The predicted molar refractivity (Wildman–Crippen MR) is 121 cm³/mol. The highest BCUT2D eigenvalue weighted by molar-refractivity contribution is 8.00. The number of rotatable bonds is 3. The molecule has 6 unspecified atom stereocenters. The van der Waals surface area contributed by atoms with Gasteiger partial charge in [-0.05, 0) is 55.0 Å². The van der Waals surface area contributed by atoms with Crippen molar-refractivity contribution in [3.05, 3.63) is 60.2 Å². The van der Waals surface area contributed by atoms with Crippen LogP contribution in [0.2, 0.25) is 12.1 Å². The summed E-state index contributed by atoms with van der Waals surface area (Å²) < 4.78 is 0. The van der Waals surface area contributed by atoms with Gasteiger partial charge in [0.1, 0.15) is 0 Å². The molecule has 0 spiro atoms. The van der Waals surface area contributed by atoms with Crippen LogP contribution in [0, 0.1) is 11.8 Å². The molecule has 1 heterocycles. The second kappa shape index (κ2) is 6.79. The quantitative estimate of drug-likeness (QED) is 0.662. The molecular formula is C24H33NSSi. The summed E-state index contributed by atoms with van der Waals surface area (Å²) in [5.41, 5.74) is 2.44. The number of benzene rings is 2. The minimum absolute atomic E-state index is 0.119. The van der Waals surface area contributed by atoms with E-state index >= 15 is 0 Å². The van der Waals surface area contributed by atoms with Gasteiger partial charge in [-0.2, -0.15) is 0 Å². The van der Waals surface area contributed by atoms with Crippen molar-refractivity contribution in [2.45, 2.75) is 68.3 Å². The lowest BCUT2D eigenvalue weighted by Gasteiger charge is -2.44. The fraction of sp³-hybridized carbons (Fsp3) is 0.500. The van der Waals surface area contributed by atoms with Crippen LogP contribution < -0.4 is 10.2 Å². The molecule has 0 bridgehead atoms. The second-order valence-corrected chi connectivity index (χ2v) is 15.0. The number of hydrogen-bond acceptors (Lipinski definition) is 2. The van der Waals surface area contributed by atoms with Crippen LogP contribution >= 0.6 is 11.8 Å². The average molecular weight is 396 g/mol. The summed E-state index contributed by atoms with van der Waals surface area (Å²) in [6.45, 7) is 14.6. The molecule has 0 radical (unpaired) electrons. The molecule has 144 valence electrons. The standard InChI is InChI=1S/C24H33NSSi/c1-16-17(2)23(22-21(16)19-14-10-11-15-20(19)26-22)27(6,25-24(3,4)5)18-12-8-7-9-13-18/h7-17,21-23,25H,1-6H3. The van der Waals surface area contributed by atoms with Crippen molar-refractivity contribution < 1.29 is 0 Å². The van der Waals surface area contributed by atoms with Crippen molar-refractivity contribution in [3.8, 4) is 0 Å². The zero-order valence-corrected chi connectivity index (χ0v) is 19.3. The molecule has 1 saturated carbocycles. The van der Waals surface area contributed by atoms with Crippen LogP contribution in [0.4, 0.5) is 0 Å². The molecule has 4 rings (SSSR count). The summed E-state index contributed by atoms with van der Waals surface area (Å²) in [5, 5.41) is 2.25. The molecule has 0 amide bonds. The number of hydrogen-bond donors (Lipinski definition) is 1. The summed E-state index contributed by atoms with van der Waals surface area (Å²) in [5.74, 6) is 2.16. The Morgan fingerprint density at radius 3 is 2.19 bits per heavy atom. The third kappa shape index (κ3) is 3.22. The normalized spacial score (nSPS) is 32.0. The average Bonchev–Trinajstić information content (AvgIpc) is 3.09. The van der Waals surface area contributed by atoms with E-state index in [4.69, 9.17) is 0 Å². The lowest BCUT2D eigenvalue weighted by molar-refractivity contribution is 0.414. The van der Waals surface area contributed by atoms with Crippen LogP contribution in [0.5, 0.6) is 0 Å². The zero-order valence-electron chi connectivity index (χ0n) is 17.5. The van der Waals surface area contributed by atoms with Gasteiger partial charge in [-0.3, -0.25) is 0 Å². The van der Waals surface area contributed by atoms with Crippen LogP contribution in [-0.2, 0) is 0 Å². The van der Waals surface area contributed by atoms with E-state index in [0.717, 1.165) is 17.4 Å². The van der Waals surface area contributed by atoms with Crippen LogP contribution in [0.1, 0.15) is 46.1 Å². The zero-order chi connectivity index (χ0) is 19.4. The van der Waals surface area contributed by atoms with Crippen molar-refractivity contribution in [1.82, 2.24) is 4.98 Å². The maximum atomic E-state index is 4.21. The monoisotopic (exact) mass is 395 g/mol. The van der Waals surface area contributed by atoms with E-state index in [-0.39, 0.29) is 5.54 Å². The third-order valence-electron chi connectivity index (χ3n) is 6.89. The van der Waals surface area contributed by atoms with Gasteiger partial charge in [0.25, 0.3) is 0 Å². The largest absolute Gasteiger partial charge is 0.329 e. The van der Waals surface area contributed by atoms with Crippen molar-refractivity contribution in [1.29, 1.82) is 0 Å². The van der Waals surface area contributed by atoms with Crippen molar-refractivity contribution in [3.63, 3.8) is 0 Å².